The van der Waals surface area contributed by atoms with Gasteiger partial charge in [0.05, 0.1) is 5.57 Å². The van der Waals surface area contributed by atoms with Crippen LogP contribution in [-0.4, -0.2) is 11.7 Å². The van der Waals surface area contributed by atoms with Crippen LogP contribution >= 0.6 is 0 Å². The van der Waals surface area contributed by atoms with Crippen molar-refractivity contribution in [2.24, 2.45) is 0 Å². The van der Waals surface area contributed by atoms with Crippen molar-refractivity contribution in [2.45, 2.75) is 26.2 Å². The smallest absolute Gasteiger partial charge is 0.224 e. The molecular weight excluding hydrogens is 238 g/mol. The number of rotatable bonds is 4. The van der Waals surface area contributed by atoms with Gasteiger partial charge in [0.25, 0.3) is 0 Å². The van der Waals surface area contributed by atoms with Gasteiger partial charge in [0.2, 0.25) is 11.7 Å². The maximum Gasteiger partial charge on any atom is 0.224 e. The van der Waals surface area contributed by atoms with E-state index in [1.54, 1.807) is 18.2 Å². The van der Waals surface area contributed by atoms with E-state index in [1.165, 1.54) is 0 Å². The highest BCUT2D eigenvalue weighted by molar-refractivity contribution is 6.23. The first-order chi connectivity index (χ1) is 9.19. The van der Waals surface area contributed by atoms with E-state index in [4.69, 9.17) is 6.42 Å². The Hall–Kier alpha value is -2.34. The minimum Gasteiger partial charge on any atom is -0.322 e. The van der Waals surface area contributed by atoms with Gasteiger partial charge in [0, 0.05) is 17.5 Å². The van der Waals surface area contributed by atoms with Crippen LogP contribution < -0.4 is 5.32 Å². The van der Waals surface area contributed by atoms with E-state index in [0.717, 1.165) is 18.4 Å². The zero-order valence-electron chi connectivity index (χ0n) is 10.8. The maximum absolute atomic E-state index is 12.2. The lowest BCUT2D eigenvalue weighted by atomic mass is 10.1. The molecule has 0 heterocycles. The molecule has 1 aromatic carbocycles. The van der Waals surface area contributed by atoms with E-state index >= 15 is 0 Å². The Morgan fingerprint density at radius 3 is 2.63 bits per heavy atom. The molecule has 0 bridgehead atoms. The summed E-state index contributed by atoms with van der Waals surface area (Å²) in [5.41, 5.74) is 2.00. The van der Waals surface area contributed by atoms with Crippen molar-refractivity contribution in [3.8, 4) is 12.3 Å². The van der Waals surface area contributed by atoms with Crippen LogP contribution in [0, 0.1) is 12.3 Å². The van der Waals surface area contributed by atoms with Crippen molar-refractivity contribution in [1.82, 2.24) is 5.32 Å². The van der Waals surface area contributed by atoms with Gasteiger partial charge in [-0.2, -0.15) is 0 Å². The Balaban J connectivity index is 2.28. The van der Waals surface area contributed by atoms with Crippen molar-refractivity contribution in [3.05, 3.63) is 41.1 Å². The van der Waals surface area contributed by atoms with Crippen LogP contribution in [0.2, 0.25) is 0 Å². The Morgan fingerprint density at radius 1 is 1.32 bits per heavy atom. The molecule has 96 valence electrons. The van der Waals surface area contributed by atoms with Gasteiger partial charge < -0.3 is 5.32 Å². The topological polar surface area (TPSA) is 46.2 Å². The second-order valence-corrected chi connectivity index (χ2v) is 4.42. The molecule has 1 N–H and O–H groups in total. The minimum absolute atomic E-state index is 0.161. The van der Waals surface area contributed by atoms with Crippen LogP contribution in [0.25, 0.3) is 5.57 Å². The summed E-state index contributed by atoms with van der Waals surface area (Å²) in [4.78, 5) is 24.0. The van der Waals surface area contributed by atoms with E-state index < -0.39 is 0 Å². The molecule has 1 aromatic rings. The molecule has 3 heteroatoms. The van der Waals surface area contributed by atoms with E-state index in [-0.39, 0.29) is 17.4 Å². The highest BCUT2D eigenvalue weighted by Crippen LogP contribution is 2.30. The van der Waals surface area contributed by atoms with Crippen LogP contribution in [0.4, 0.5) is 0 Å². The number of Topliss-reactive ketones (excluding diaryl/α,β-unsaturated/α-hetero) is 1. The molecule has 2 rings (SSSR count). The number of hydrogen-bond acceptors (Lipinski definition) is 2. The van der Waals surface area contributed by atoms with Gasteiger partial charge in [0.1, 0.15) is 5.70 Å². The standard InChI is InChI=1S/C16H15NO2/c1-3-5-10-14(18)17-15-11(4-2)12-8-6-7-9-13(12)16(15)19/h2,6-9H,3,5,10H2,1H3,(H,17,18,19). The zero-order chi connectivity index (χ0) is 13.8. The summed E-state index contributed by atoms with van der Waals surface area (Å²) < 4.78 is 0. The molecule has 1 amide bonds. The third-order valence-corrected chi connectivity index (χ3v) is 3.08. The molecule has 0 aromatic heterocycles. The largest absolute Gasteiger partial charge is 0.322 e. The fraction of sp³-hybridized carbons (Fsp3) is 0.250. The molecule has 0 fully saturated rings. The van der Waals surface area contributed by atoms with Crippen LogP contribution in [0.3, 0.4) is 0 Å². The maximum atomic E-state index is 12.2. The number of nitrogens with one attached hydrogen (secondary N) is 1. The Morgan fingerprint density at radius 2 is 2.00 bits per heavy atom. The molecule has 0 aliphatic heterocycles. The lowest BCUT2D eigenvalue weighted by molar-refractivity contribution is -0.120. The van der Waals surface area contributed by atoms with Crippen molar-refractivity contribution in [3.63, 3.8) is 0 Å². The SMILES string of the molecule is C#CC1=C(NC(=O)CCCC)C(=O)c2ccccc21. The Bertz CT molecular complexity index is 605. The van der Waals surface area contributed by atoms with E-state index in [1.807, 2.05) is 13.0 Å². The number of unbranched alkanes of at least 4 members (excludes halogenated alkanes) is 1. The van der Waals surface area contributed by atoms with Crippen LogP contribution in [0.15, 0.2) is 30.0 Å². The van der Waals surface area contributed by atoms with Crippen molar-refractivity contribution < 1.29 is 9.59 Å². The summed E-state index contributed by atoms with van der Waals surface area (Å²) in [6.07, 6.45) is 7.60. The molecule has 19 heavy (non-hydrogen) atoms. The number of allylic oxidation sites excluding steroid dienone is 2. The summed E-state index contributed by atoms with van der Waals surface area (Å²) in [7, 11) is 0. The quantitative estimate of drug-likeness (QED) is 0.838. The number of ketones is 1. The second-order valence-electron chi connectivity index (χ2n) is 4.42. The minimum atomic E-state index is -0.201. The fourth-order valence-electron chi connectivity index (χ4n) is 2.09. The lowest BCUT2D eigenvalue weighted by Gasteiger charge is -2.05. The van der Waals surface area contributed by atoms with Gasteiger partial charge in [-0.25, -0.2) is 0 Å². The van der Waals surface area contributed by atoms with Gasteiger partial charge in [-0.15, -0.1) is 6.42 Å². The molecule has 0 radical (unpaired) electrons. The van der Waals surface area contributed by atoms with Gasteiger partial charge in [0.15, 0.2) is 0 Å². The number of carbonyl (C=O) groups excluding carboxylic acids is 2. The molecule has 0 unspecified atom stereocenters. The number of hydrogen-bond donors (Lipinski definition) is 1. The van der Waals surface area contributed by atoms with E-state index in [9.17, 15) is 9.59 Å². The summed E-state index contributed by atoms with van der Waals surface area (Å²) in [6, 6.07) is 7.13. The third-order valence-electron chi connectivity index (χ3n) is 3.08. The zero-order valence-corrected chi connectivity index (χ0v) is 10.8. The fourth-order valence-corrected chi connectivity index (χ4v) is 2.09. The summed E-state index contributed by atoms with van der Waals surface area (Å²) in [5.74, 6) is 2.14. The second kappa shape index (κ2) is 5.53. The normalized spacial score (nSPS) is 13.2. The summed E-state index contributed by atoms with van der Waals surface area (Å²) >= 11 is 0. The third kappa shape index (κ3) is 2.43. The van der Waals surface area contributed by atoms with Gasteiger partial charge in [-0.3, -0.25) is 9.59 Å². The average Bonchev–Trinajstić information content (AvgIpc) is 2.70. The molecule has 0 spiro atoms. The molecule has 1 aliphatic rings. The van der Waals surface area contributed by atoms with Gasteiger partial charge >= 0.3 is 0 Å². The summed E-state index contributed by atoms with van der Waals surface area (Å²) in [6.45, 7) is 2.01. The molecule has 3 nitrogen and oxygen atoms in total. The highest BCUT2D eigenvalue weighted by atomic mass is 16.2. The first kappa shape index (κ1) is 13.1. The highest BCUT2D eigenvalue weighted by Gasteiger charge is 2.29. The molecular formula is C16H15NO2. The number of amides is 1. The number of terminal acetylenes is 1. The Labute approximate surface area is 112 Å². The number of carbonyl (C=O) groups is 2. The van der Waals surface area contributed by atoms with Crippen LogP contribution in [0.1, 0.15) is 42.1 Å². The predicted molar refractivity (Wildman–Crippen MR) is 74.2 cm³/mol. The molecule has 1 aliphatic carbocycles. The van der Waals surface area contributed by atoms with Gasteiger partial charge in [-0.05, 0) is 6.42 Å². The molecule has 0 atom stereocenters. The van der Waals surface area contributed by atoms with Crippen molar-refractivity contribution in [2.75, 3.05) is 0 Å². The monoisotopic (exact) mass is 253 g/mol. The number of benzene rings is 1. The van der Waals surface area contributed by atoms with Gasteiger partial charge in [-0.1, -0.05) is 43.5 Å². The Kier molecular flexibility index (Phi) is 3.82. The van der Waals surface area contributed by atoms with E-state index in [2.05, 4.69) is 11.2 Å². The van der Waals surface area contributed by atoms with Crippen LogP contribution in [0.5, 0.6) is 0 Å². The first-order valence-corrected chi connectivity index (χ1v) is 6.33. The average molecular weight is 253 g/mol. The first-order valence-electron chi connectivity index (χ1n) is 6.33. The van der Waals surface area contributed by atoms with Crippen molar-refractivity contribution in [1.29, 1.82) is 0 Å². The lowest BCUT2D eigenvalue weighted by Crippen LogP contribution is -2.26. The van der Waals surface area contributed by atoms with E-state index in [0.29, 0.717) is 17.6 Å². The van der Waals surface area contributed by atoms with Crippen LogP contribution in [-0.2, 0) is 4.79 Å². The number of fused-ring (bicyclic) bond motifs is 1. The van der Waals surface area contributed by atoms with Crippen molar-refractivity contribution >= 4 is 17.3 Å². The molecule has 0 saturated heterocycles. The summed E-state index contributed by atoms with van der Waals surface area (Å²) in [5, 5.41) is 2.66. The predicted octanol–water partition coefficient (Wildman–Crippen LogP) is 2.53. The molecule has 0 saturated carbocycles.